The third kappa shape index (κ3) is 4.24. The number of hydrogen-bond acceptors (Lipinski definition) is 4. The van der Waals surface area contributed by atoms with Crippen LogP contribution in [0.15, 0.2) is 60.8 Å². The van der Waals surface area contributed by atoms with Crippen molar-refractivity contribution >= 4 is 0 Å². The Bertz CT molecular complexity index is 792. The molecule has 0 saturated carbocycles. The Morgan fingerprint density at radius 1 is 0.885 bits per heavy atom. The van der Waals surface area contributed by atoms with Crippen LogP contribution in [0.5, 0.6) is 17.2 Å². The van der Waals surface area contributed by atoms with Gasteiger partial charge in [-0.15, -0.1) is 0 Å². The highest BCUT2D eigenvalue weighted by Gasteiger charge is 2.14. The van der Waals surface area contributed by atoms with Crippen molar-refractivity contribution in [1.29, 1.82) is 0 Å². The molecule has 5 nitrogen and oxygen atoms in total. The number of nitrogens with one attached hydrogen (secondary N) is 1. The molecule has 2 aromatic carbocycles. The standard InChI is InChI=1S/C21H22N2O3/c1-3-19(4-2-17(1)21-9-12-22-23-21)26-20-7-5-18(6-8-20)25-15-16-10-13-24-14-11-16/h1-9,12,16H,10-11,13-15H2,(H,22,23). The fourth-order valence-corrected chi connectivity index (χ4v) is 2.99. The molecule has 4 rings (SSSR count). The minimum atomic E-state index is 0.591. The molecule has 1 aromatic heterocycles. The van der Waals surface area contributed by atoms with Gasteiger partial charge in [0.05, 0.1) is 12.3 Å². The van der Waals surface area contributed by atoms with Crippen LogP contribution in [-0.4, -0.2) is 30.0 Å². The molecular weight excluding hydrogens is 328 g/mol. The van der Waals surface area contributed by atoms with Gasteiger partial charge in [-0.2, -0.15) is 5.10 Å². The van der Waals surface area contributed by atoms with Crippen LogP contribution >= 0.6 is 0 Å². The number of H-pyrrole nitrogens is 1. The van der Waals surface area contributed by atoms with E-state index in [0.29, 0.717) is 5.92 Å². The predicted octanol–water partition coefficient (Wildman–Crippen LogP) is 4.67. The molecule has 0 unspecified atom stereocenters. The largest absolute Gasteiger partial charge is 0.493 e. The third-order valence-corrected chi connectivity index (χ3v) is 4.55. The lowest BCUT2D eigenvalue weighted by atomic mass is 10.0. The van der Waals surface area contributed by atoms with E-state index < -0.39 is 0 Å². The highest BCUT2D eigenvalue weighted by molar-refractivity contribution is 5.59. The quantitative estimate of drug-likeness (QED) is 0.702. The smallest absolute Gasteiger partial charge is 0.127 e. The van der Waals surface area contributed by atoms with Crippen LogP contribution in [0, 0.1) is 5.92 Å². The number of nitrogens with zero attached hydrogens (tertiary/aromatic N) is 1. The molecule has 0 radical (unpaired) electrons. The van der Waals surface area contributed by atoms with Crippen molar-refractivity contribution < 1.29 is 14.2 Å². The molecule has 1 aliphatic heterocycles. The minimum Gasteiger partial charge on any atom is -0.493 e. The zero-order chi connectivity index (χ0) is 17.6. The summed E-state index contributed by atoms with van der Waals surface area (Å²) in [5.74, 6) is 3.05. The first-order valence-corrected chi connectivity index (χ1v) is 8.95. The maximum atomic E-state index is 5.90. The molecular formula is C21H22N2O3. The van der Waals surface area contributed by atoms with Gasteiger partial charge >= 0.3 is 0 Å². The highest BCUT2D eigenvalue weighted by Crippen LogP contribution is 2.26. The molecule has 0 amide bonds. The summed E-state index contributed by atoms with van der Waals surface area (Å²) in [6.07, 6.45) is 3.90. The summed E-state index contributed by atoms with van der Waals surface area (Å²) in [5, 5.41) is 6.92. The lowest BCUT2D eigenvalue weighted by Crippen LogP contribution is -2.21. The molecule has 1 N–H and O–H groups in total. The Morgan fingerprint density at radius 2 is 1.54 bits per heavy atom. The first-order valence-electron chi connectivity index (χ1n) is 8.95. The number of hydrogen-bond donors (Lipinski definition) is 1. The van der Waals surface area contributed by atoms with Crippen molar-refractivity contribution in [2.75, 3.05) is 19.8 Å². The van der Waals surface area contributed by atoms with Gasteiger partial charge in [0, 0.05) is 19.4 Å². The molecule has 2 heterocycles. The van der Waals surface area contributed by atoms with Crippen LogP contribution in [0.2, 0.25) is 0 Å². The second kappa shape index (κ2) is 8.06. The number of aromatic nitrogens is 2. The topological polar surface area (TPSA) is 56.4 Å². The molecule has 0 aliphatic carbocycles. The first kappa shape index (κ1) is 16.7. The van der Waals surface area contributed by atoms with E-state index in [-0.39, 0.29) is 0 Å². The van der Waals surface area contributed by atoms with E-state index in [1.54, 1.807) is 6.20 Å². The number of benzene rings is 2. The summed E-state index contributed by atoms with van der Waals surface area (Å²) in [7, 11) is 0. The summed E-state index contributed by atoms with van der Waals surface area (Å²) in [6.45, 7) is 2.44. The maximum absolute atomic E-state index is 5.90. The van der Waals surface area contributed by atoms with Gasteiger partial charge in [-0.05, 0) is 78.9 Å². The SMILES string of the molecule is c1cc(-c2ccc(Oc3ccc(OCC4CCOCC4)cc3)cc2)[nH]n1. The summed E-state index contributed by atoms with van der Waals surface area (Å²) < 4.78 is 17.2. The van der Waals surface area contributed by atoms with E-state index in [4.69, 9.17) is 14.2 Å². The van der Waals surface area contributed by atoms with E-state index in [9.17, 15) is 0 Å². The molecule has 0 bridgehead atoms. The third-order valence-electron chi connectivity index (χ3n) is 4.55. The molecule has 0 spiro atoms. The first-order chi connectivity index (χ1) is 12.9. The molecule has 26 heavy (non-hydrogen) atoms. The van der Waals surface area contributed by atoms with Crippen LogP contribution in [-0.2, 0) is 4.74 Å². The summed E-state index contributed by atoms with van der Waals surface area (Å²) in [5.41, 5.74) is 2.06. The van der Waals surface area contributed by atoms with Crippen molar-refractivity contribution in [2.24, 2.45) is 5.92 Å². The van der Waals surface area contributed by atoms with E-state index in [1.165, 1.54) is 0 Å². The highest BCUT2D eigenvalue weighted by atomic mass is 16.5. The van der Waals surface area contributed by atoms with Gasteiger partial charge in [0.25, 0.3) is 0 Å². The molecule has 3 aromatic rings. The number of ether oxygens (including phenoxy) is 3. The van der Waals surface area contributed by atoms with Crippen molar-refractivity contribution in [3.8, 4) is 28.5 Å². The zero-order valence-electron chi connectivity index (χ0n) is 14.6. The molecule has 0 atom stereocenters. The van der Waals surface area contributed by atoms with E-state index in [2.05, 4.69) is 10.2 Å². The van der Waals surface area contributed by atoms with Crippen LogP contribution in [0.25, 0.3) is 11.3 Å². The van der Waals surface area contributed by atoms with Gasteiger partial charge in [0.1, 0.15) is 17.2 Å². The molecule has 1 fully saturated rings. The predicted molar refractivity (Wildman–Crippen MR) is 99.6 cm³/mol. The lowest BCUT2D eigenvalue weighted by molar-refractivity contribution is 0.0497. The van der Waals surface area contributed by atoms with Gasteiger partial charge in [-0.3, -0.25) is 5.10 Å². The fourth-order valence-electron chi connectivity index (χ4n) is 2.99. The molecule has 1 aliphatic rings. The van der Waals surface area contributed by atoms with E-state index in [1.807, 2.05) is 54.6 Å². The summed E-state index contributed by atoms with van der Waals surface area (Å²) in [6, 6.07) is 17.6. The van der Waals surface area contributed by atoms with Crippen molar-refractivity contribution in [3.63, 3.8) is 0 Å². The minimum absolute atomic E-state index is 0.591. The van der Waals surface area contributed by atoms with E-state index >= 15 is 0 Å². The van der Waals surface area contributed by atoms with Gasteiger partial charge in [0.15, 0.2) is 0 Å². The Kier molecular flexibility index (Phi) is 5.17. The van der Waals surface area contributed by atoms with Crippen LogP contribution in [0.4, 0.5) is 0 Å². The average molecular weight is 350 g/mol. The fraction of sp³-hybridized carbons (Fsp3) is 0.286. The van der Waals surface area contributed by atoms with Gasteiger partial charge in [0.2, 0.25) is 0 Å². The second-order valence-electron chi connectivity index (χ2n) is 6.43. The van der Waals surface area contributed by atoms with Gasteiger partial charge in [-0.1, -0.05) is 0 Å². The Morgan fingerprint density at radius 3 is 2.19 bits per heavy atom. The normalized spacial score (nSPS) is 14.9. The average Bonchev–Trinajstić information content (AvgIpc) is 3.24. The van der Waals surface area contributed by atoms with Crippen LogP contribution < -0.4 is 9.47 Å². The van der Waals surface area contributed by atoms with Crippen LogP contribution in [0.1, 0.15) is 12.8 Å². The van der Waals surface area contributed by atoms with Crippen molar-refractivity contribution in [3.05, 3.63) is 60.8 Å². The number of aromatic amines is 1. The summed E-state index contributed by atoms with van der Waals surface area (Å²) in [4.78, 5) is 0. The van der Waals surface area contributed by atoms with Crippen molar-refractivity contribution in [2.45, 2.75) is 12.8 Å². The zero-order valence-corrected chi connectivity index (χ0v) is 14.6. The Labute approximate surface area is 152 Å². The van der Waals surface area contributed by atoms with Crippen molar-refractivity contribution in [1.82, 2.24) is 10.2 Å². The molecule has 5 heteroatoms. The Hall–Kier alpha value is -2.79. The van der Waals surface area contributed by atoms with E-state index in [0.717, 1.165) is 61.2 Å². The number of rotatable bonds is 6. The molecule has 134 valence electrons. The summed E-state index contributed by atoms with van der Waals surface area (Å²) >= 11 is 0. The van der Waals surface area contributed by atoms with Gasteiger partial charge in [-0.25, -0.2) is 0 Å². The molecule has 1 saturated heterocycles. The lowest BCUT2D eigenvalue weighted by Gasteiger charge is -2.22. The Balaban J connectivity index is 1.32. The second-order valence-corrected chi connectivity index (χ2v) is 6.43. The van der Waals surface area contributed by atoms with Gasteiger partial charge < -0.3 is 14.2 Å². The monoisotopic (exact) mass is 350 g/mol. The van der Waals surface area contributed by atoms with Crippen LogP contribution in [0.3, 0.4) is 0 Å². The maximum Gasteiger partial charge on any atom is 0.127 e.